The summed E-state index contributed by atoms with van der Waals surface area (Å²) in [6.45, 7) is 10.1. The van der Waals surface area contributed by atoms with Crippen molar-refractivity contribution in [2.24, 2.45) is 5.41 Å². The minimum atomic E-state index is 0.143. The van der Waals surface area contributed by atoms with Gasteiger partial charge in [0.25, 0.3) is 5.91 Å². The second kappa shape index (κ2) is 5.35. The van der Waals surface area contributed by atoms with Gasteiger partial charge in [0.05, 0.1) is 11.3 Å². The van der Waals surface area contributed by atoms with Crippen molar-refractivity contribution >= 4 is 5.91 Å². The van der Waals surface area contributed by atoms with E-state index >= 15 is 0 Å². The maximum Gasteiger partial charge on any atom is 0.257 e. The Balaban J connectivity index is 2.08. The number of H-pyrrole nitrogens is 1. The Bertz CT molecular complexity index is 430. The summed E-state index contributed by atoms with van der Waals surface area (Å²) in [5, 5.41) is 7.02. The van der Waals surface area contributed by atoms with Crippen molar-refractivity contribution in [2.45, 2.75) is 53.4 Å². The molecule has 0 bridgehead atoms. The van der Waals surface area contributed by atoms with Gasteiger partial charge in [0.1, 0.15) is 0 Å². The number of rotatable bonds is 3. The molecule has 1 amide bonds. The molecule has 0 spiro atoms. The Labute approximate surface area is 115 Å². The number of aromatic amines is 1. The summed E-state index contributed by atoms with van der Waals surface area (Å²) in [4.78, 5) is 14.6. The summed E-state index contributed by atoms with van der Waals surface area (Å²) in [5.74, 6) is 0.143. The normalized spacial score (nSPS) is 18.6. The molecular formula is C15H25N3O. The van der Waals surface area contributed by atoms with Gasteiger partial charge in [-0.3, -0.25) is 9.89 Å². The fraction of sp³-hybridized carbons (Fsp3) is 0.733. The molecule has 1 aliphatic rings. The Morgan fingerprint density at radius 1 is 1.26 bits per heavy atom. The summed E-state index contributed by atoms with van der Waals surface area (Å²) in [6.07, 6.45) is 4.69. The first-order valence-corrected chi connectivity index (χ1v) is 7.34. The third kappa shape index (κ3) is 2.53. The third-order valence-corrected chi connectivity index (χ3v) is 4.95. The van der Waals surface area contributed by atoms with Crippen LogP contribution in [0.5, 0.6) is 0 Å². The highest BCUT2D eigenvalue weighted by atomic mass is 16.2. The molecule has 1 saturated heterocycles. The van der Waals surface area contributed by atoms with Crippen LogP contribution in [0.4, 0.5) is 0 Å². The van der Waals surface area contributed by atoms with E-state index in [1.165, 1.54) is 12.8 Å². The Morgan fingerprint density at radius 3 is 2.26 bits per heavy atom. The molecule has 0 atom stereocenters. The number of nitrogens with one attached hydrogen (secondary N) is 1. The highest BCUT2D eigenvalue weighted by molar-refractivity contribution is 5.96. The van der Waals surface area contributed by atoms with E-state index in [4.69, 9.17) is 0 Å². The predicted molar refractivity (Wildman–Crippen MR) is 76.2 cm³/mol. The van der Waals surface area contributed by atoms with E-state index < -0.39 is 0 Å². The first kappa shape index (κ1) is 14.1. The van der Waals surface area contributed by atoms with E-state index in [0.29, 0.717) is 5.41 Å². The zero-order valence-corrected chi connectivity index (χ0v) is 12.5. The minimum absolute atomic E-state index is 0.143. The lowest BCUT2D eigenvalue weighted by atomic mass is 9.74. The molecule has 19 heavy (non-hydrogen) atoms. The number of aromatic nitrogens is 2. The number of aryl methyl sites for hydroxylation is 2. The lowest BCUT2D eigenvalue weighted by Gasteiger charge is -2.41. The molecule has 0 unspecified atom stereocenters. The first-order chi connectivity index (χ1) is 9.03. The van der Waals surface area contributed by atoms with Crippen LogP contribution in [0.15, 0.2) is 0 Å². The average molecular weight is 263 g/mol. The van der Waals surface area contributed by atoms with Crippen molar-refractivity contribution in [3.63, 3.8) is 0 Å². The standard InChI is InChI=1S/C15H25N3O/c1-5-15(6-2)7-9-18(10-8-15)14(19)13-11(3)16-17-12(13)4/h5-10H2,1-4H3,(H,16,17). The zero-order valence-electron chi connectivity index (χ0n) is 12.5. The number of hydrogen-bond donors (Lipinski definition) is 1. The van der Waals surface area contributed by atoms with Gasteiger partial charge in [-0.1, -0.05) is 26.7 Å². The van der Waals surface area contributed by atoms with E-state index in [9.17, 15) is 4.79 Å². The highest BCUT2D eigenvalue weighted by Gasteiger charge is 2.34. The lowest BCUT2D eigenvalue weighted by Crippen LogP contribution is -2.43. The minimum Gasteiger partial charge on any atom is -0.338 e. The first-order valence-electron chi connectivity index (χ1n) is 7.34. The molecule has 0 saturated carbocycles. The summed E-state index contributed by atoms with van der Waals surface area (Å²) in [7, 11) is 0. The van der Waals surface area contributed by atoms with Gasteiger partial charge in [0, 0.05) is 18.8 Å². The van der Waals surface area contributed by atoms with Gasteiger partial charge in [-0.25, -0.2) is 0 Å². The number of amides is 1. The van der Waals surface area contributed by atoms with Gasteiger partial charge in [-0.15, -0.1) is 0 Å². The van der Waals surface area contributed by atoms with Crippen LogP contribution in [0.25, 0.3) is 0 Å². The molecular weight excluding hydrogens is 238 g/mol. The Kier molecular flexibility index (Phi) is 3.97. The lowest BCUT2D eigenvalue weighted by molar-refractivity contribution is 0.0556. The summed E-state index contributed by atoms with van der Waals surface area (Å²) >= 11 is 0. The molecule has 2 heterocycles. The number of likely N-dealkylation sites (tertiary alicyclic amines) is 1. The maximum absolute atomic E-state index is 12.6. The fourth-order valence-corrected chi connectivity index (χ4v) is 3.17. The topological polar surface area (TPSA) is 49.0 Å². The summed E-state index contributed by atoms with van der Waals surface area (Å²) in [5.41, 5.74) is 2.91. The van der Waals surface area contributed by atoms with Crippen molar-refractivity contribution < 1.29 is 4.79 Å². The van der Waals surface area contributed by atoms with Crippen LogP contribution < -0.4 is 0 Å². The van der Waals surface area contributed by atoms with Crippen LogP contribution in [0.3, 0.4) is 0 Å². The molecule has 1 aromatic rings. The SMILES string of the molecule is CCC1(CC)CCN(C(=O)c2c(C)n[nH]c2C)CC1. The van der Waals surface area contributed by atoms with Gasteiger partial charge >= 0.3 is 0 Å². The van der Waals surface area contributed by atoms with Crippen molar-refractivity contribution in [3.05, 3.63) is 17.0 Å². The molecule has 1 aliphatic heterocycles. The van der Waals surface area contributed by atoms with E-state index in [-0.39, 0.29) is 5.91 Å². The van der Waals surface area contributed by atoms with Crippen LogP contribution in [0, 0.1) is 19.3 Å². The molecule has 1 aromatic heterocycles. The van der Waals surface area contributed by atoms with Crippen molar-refractivity contribution in [2.75, 3.05) is 13.1 Å². The second-order valence-corrected chi connectivity index (χ2v) is 5.81. The van der Waals surface area contributed by atoms with Gasteiger partial charge in [0.2, 0.25) is 0 Å². The van der Waals surface area contributed by atoms with Crippen LogP contribution in [-0.4, -0.2) is 34.1 Å². The van der Waals surface area contributed by atoms with E-state index in [0.717, 1.165) is 42.9 Å². The average Bonchev–Trinajstić information content (AvgIpc) is 2.77. The fourth-order valence-electron chi connectivity index (χ4n) is 3.17. The van der Waals surface area contributed by atoms with E-state index in [1.807, 2.05) is 18.7 Å². The van der Waals surface area contributed by atoms with Gasteiger partial charge in [-0.05, 0) is 32.1 Å². The number of carbonyl (C=O) groups excluding carboxylic acids is 1. The third-order valence-electron chi connectivity index (χ3n) is 4.95. The van der Waals surface area contributed by atoms with Crippen LogP contribution in [-0.2, 0) is 0 Å². The smallest absolute Gasteiger partial charge is 0.257 e. The molecule has 4 nitrogen and oxygen atoms in total. The van der Waals surface area contributed by atoms with Crippen LogP contribution >= 0.6 is 0 Å². The Hall–Kier alpha value is -1.32. The van der Waals surface area contributed by atoms with Crippen LogP contribution in [0.2, 0.25) is 0 Å². The molecule has 0 aromatic carbocycles. The largest absolute Gasteiger partial charge is 0.338 e. The van der Waals surface area contributed by atoms with Crippen molar-refractivity contribution in [1.29, 1.82) is 0 Å². The van der Waals surface area contributed by atoms with E-state index in [1.54, 1.807) is 0 Å². The Morgan fingerprint density at radius 2 is 1.84 bits per heavy atom. The zero-order chi connectivity index (χ0) is 14.0. The monoisotopic (exact) mass is 263 g/mol. The molecule has 1 N–H and O–H groups in total. The van der Waals surface area contributed by atoms with Crippen molar-refractivity contribution in [1.82, 2.24) is 15.1 Å². The van der Waals surface area contributed by atoms with Gasteiger partial charge in [-0.2, -0.15) is 5.10 Å². The predicted octanol–water partition coefficient (Wildman–Crippen LogP) is 3.07. The quantitative estimate of drug-likeness (QED) is 0.911. The van der Waals surface area contributed by atoms with Crippen molar-refractivity contribution in [3.8, 4) is 0 Å². The molecule has 0 aliphatic carbocycles. The molecule has 2 rings (SSSR count). The number of nitrogens with zero attached hydrogens (tertiary/aromatic N) is 2. The highest BCUT2D eigenvalue weighted by Crippen LogP contribution is 2.38. The maximum atomic E-state index is 12.6. The molecule has 1 fully saturated rings. The van der Waals surface area contributed by atoms with Crippen LogP contribution in [0.1, 0.15) is 61.3 Å². The van der Waals surface area contributed by atoms with Gasteiger partial charge in [0.15, 0.2) is 0 Å². The van der Waals surface area contributed by atoms with Gasteiger partial charge < -0.3 is 4.90 Å². The molecule has 0 radical (unpaired) electrons. The summed E-state index contributed by atoms with van der Waals surface area (Å²) < 4.78 is 0. The summed E-state index contributed by atoms with van der Waals surface area (Å²) in [6, 6.07) is 0. The molecule has 4 heteroatoms. The second-order valence-electron chi connectivity index (χ2n) is 5.81. The number of carbonyl (C=O) groups is 1. The number of piperidine rings is 1. The molecule has 106 valence electrons. The van der Waals surface area contributed by atoms with E-state index in [2.05, 4.69) is 24.0 Å². The number of hydrogen-bond acceptors (Lipinski definition) is 2.